The van der Waals surface area contributed by atoms with E-state index in [1.807, 2.05) is 46.0 Å². The Bertz CT molecular complexity index is 678. The minimum Gasteiger partial charge on any atom is -0.444 e. The largest absolute Gasteiger partial charge is 0.444 e. The summed E-state index contributed by atoms with van der Waals surface area (Å²) in [6, 6.07) is 2.24. The summed E-state index contributed by atoms with van der Waals surface area (Å²) < 4.78 is 5.33. The molecule has 0 atom stereocenters. The number of guanidine groups is 1. The van der Waals surface area contributed by atoms with Crippen molar-refractivity contribution in [3.63, 3.8) is 0 Å². The van der Waals surface area contributed by atoms with Crippen molar-refractivity contribution in [3.05, 3.63) is 21.9 Å². The number of carbonyl (C=O) groups is 1. The van der Waals surface area contributed by atoms with Gasteiger partial charge in [0.25, 0.3) is 0 Å². The van der Waals surface area contributed by atoms with Gasteiger partial charge in [-0.15, -0.1) is 11.3 Å². The topological polar surface area (TPSA) is 78.0 Å². The quantitative estimate of drug-likeness (QED) is 0.497. The third kappa shape index (κ3) is 7.67. The van der Waals surface area contributed by atoms with Crippen molar-refractivity contribution in [2.24, 2.45) is 4.99 Å². The molecule has 1 aromatic rings. The monoisotopic (exact) mass is 409 g/mol. The lowest BCUT2D eigenvalue weighted by atomic mass is 10.1. The summed E-state index contributed by atoms with van der Waals surface area (Å²) in [5.41, 5.74) is 0.486. The molecule has 1 aliphatic rings. The van der Waals surface area contributed by atoms with E-state index in [4.69, 9.17) is 4.74 Å². The number of carbonyl (C=O) groups excluding carboxylic acids is 1. The normalized spacial score (nSPS) is 15.7. The molecule has 0 spiro atoms. The minimum atomic E-state index is -0.510. The van der Waals surface area contributed by atoms with E-state index >= 15 is 0 Å². The Balaban J connectivity index is 1.70. The van der Waals surface area contributed by atoms with E-state index in [9.17, 15) is 4.79 Å². The lowest BCUT2D eigenvalue weighted by Gasteiger charge is -2.30. The highest BCUT2D eigenvalue weighted by Crippen LogP contribution is 2.23. The third-order valence-corrected chi connectivity index (χ3v) is 5.39. The second-order valence-corrected chi connectivity index (χ2v) is 9.76. The first-order valence-electron chi connectivity index (χ1n) is 9.81. The maximum absolute atomic E-state index is 12.0. The second-order valence-electron chi connectivity index (χ2n) is 8.76. The van der Waals surface area contributed by atoms with Gasteiger partial charge >= 0.3 is 6.09 Å². The van der Waals surface area contributed by atoms with Crippen molar-refractivity contribution >= 4 is 23.4 Å². The summed E-state index contributed by atoms with van der Waals surface area (Å²) >= 11 is 1.87. The standard InChI is InChI=1S/C20H35N5O2S/c1-19(2,3)27-18(26)24-20(4,5)14-23-17(21-6)22-9-11-25-10-7-16-15(13-25)8-12-28-16/h8,12H,7,9-11,13-14H2,1-6H3,(H,24,26)(H2,21,22,23). The zero-order chi connectivity index (χ0) is 20.8. The highest BCUT2D eigenvalue weighted by atomic mass is 32.1. The lowest BCUT2D eigenvalue weighted by Crippen LogP contribution is -2.54. The van der Waals surface area contributed by atoms with Gasteiger partial charge < -0.3 is 20.7 Å². The first-order valence-corrected chi connectivity index (χ1v) is 10.7. The number of hydrogen-bond acceptors (Lipinski definition) is 5. The van der Waals surface area contributed by atoms with Crippen LogP contribution in [0.2, 0.25) is 0 Å². The van der Waals surface area contributed by atoms with Crippen LogP contribution in [0.25, 0.3) is 0 Å². The molecule has 0 radical (unpaired) electrons. The fourth-order valence-electron chi connectivity index (χ4n) is 2.98. The summed E-state index contributed by atoms with van der Waals surface area (Å²) in [4.78, 5) is 20.3. The first-order chi connectivity index (χ1) is 13.1. The molecule has 3 N–H and O–H groups in total. The van der Waals surface area contributed by atoms with Gasteiger partial charge in [0.15, 0.2) is 5.96 Å². The molecule has 7 nitrogen and oxygen atoms in total. The molecule has 8 heteroatoms. The van der Waals surface area contributed by atoms with Gasteiger partial charge in [-0.05, 0) is 58.0 Å². The molecule has 158 valence electrons. The smallest absolute Gasteiger partial charge is 0.408 e. The summed E-state index contributed by atoms with van der Waals surface area (Å²) in [5, 5.41) is 11.7. The Morgan fingerprint density at radius 3 is 2.71 bits per heavy atom. The Labute approximate surface area is 172 Å². The predicted octanol–water partition coefficient (Wildman–Crippen LogP) is 2.57. The molecule has 0 bridgehead atoms. The van der Waals surface area contributed by atoms with Crippen molar-refractivity contribution in [3.8, 4) is 0 Å². The number of thiophene rings is 1. The van der Waals surface area contributed by atoms with Crippen molar-refractivity contribution < 1.29 is 9.53 Å². The SMILES string of the molecule is CN=C(NCCN1CCc2sccc2C1)NCC(C)(C)NC(=O)OC(C)(C)C. The molecule has 2 heterocycles. The lowest BCUT2D eigenvalue weighted by molar-refractivity contribution is 0.0474. The fourth-order valence-corrected chi connectivity index (χ4v) is 3.87. The van der Waals surface area contributed by atoms with Crippen LogP contribution in [-0.2, 0) is 17.7 Å². The van der Waals surface area contributed by atoms with Gasteiger partial charge in [-0.2, -0.15) is 0 Å². The van der Waals surface area contributed by atoms with Gasteiger partial charge in [0.05, 0.1) is 5.54 Å². The van der Waals surface area contributed by atoms with Gasteiger partial charge in [0, 0.05) is 44.6 Å². The van der Waals surface area contributed by atoms with Crippen LogP contribution in [0.3, 0.4) is 0 Å². The number of rotatable bonds is 6. The summed E-state index contributed by atoms with van der Waals surface area (Å²) in [5.74, 6) is 0.729. The molecule has 0 aliphatic carbocycles. The number of nitrogens with zero attached hydrogens (tertiary/aromatic N) is 2. The molecular weight excluding hydrogens is 374 g/mol. The van der Waals surface area contributed by atoms with E-state index in [1.54, 1.807) is 7.05 Å². The zero-order valence-electron chi connectivity index (χ0n) is 18.0. The number of aliphatic imine (C=N–C) groups is 1. The van der Waals surface area contributed by atoms with Crippen LogP contribution in [0, 0.1) is 0 Å². The molecule has 1 amide bonds. The minimum absolute atomic E-state index is 0.417. The van der Waals surface area contributed by atoms with E-state index in [-0.39, 0.29) is 0 Å². The van der Waals surface area contributed by atoms with Crippen LogP contribution < -0.4 is 16.0 Å². The highest BCUT2D eigenvalue weighted by Gasteiger charge is 2.25. The zero-order valence-corrected chi connectivity index (χ0v) is 18.8. The maximum atomic E-state index is 12.0. The molecule has 1 aliphatic heterocycles. The molecular formula is C20H35N5O2S. The fraction of sp³-hybridized carbons (Fsp3) is 0.700. The van der Waals surface area contributed by atoms with Crippen LogP contribution in [0.4, 0.5) is 4.79 Å². The molecule has 0 saturated carbocycles. The number of nitrogens with one attached hydrogen (secondary N) is 3. The Morgan fingerprint density at radius 1 is 1.29 bits per heavy atom. The third-order valence-electron chi connectivity index (χ3n) is 4.37. The van der Waals surface area contributed by atoms with E-state index in [1.165, 1.54) is 10.4 Å². The van der Waals surface area contributed by atoms with Crippen molar-refractivity contribution in [1.29, 1.82) is 0 Å². The second kappa shape index (κ2) is 9.60. The van der Waals surface area contributed by atoms with E-state index in [0.29, 0.717) is 6.54 Å². The van der Waals surface area contributed by atoms with Crippen LogP contribution in [0.15, 0.2) is 16.4 Å². The Hall–Kier alpha value is -1.80. The Kier molecular flexibility index (Phi) is 7.71. The van der Waals surface area contributed by atoms with E-state index in [0.717, 1.165) is 38.6 Å². The predicted molar refractivity (Wildman–Crippen MR) is 116 cm³/mol. The van der Waals surface area contributed by atoms with Crippen molar-refractivity contribution in [2.45, 2.75) is 58.7 Å². The summed E-state index contributed by atoms with van der Waals surface area (Å²) in [6.07, 6.45) is 0.727. The average Bonchev–Trinajstić information content (AvgIpc) is 3.03. The molecule has 2 rings (SSSR count). The van der Waals surface area contributed by atoms with Gasteiger partial charge in [-0.25, -0.2) is 4.79 Å². The molecule has 28 heavy (non-hydrogen) atoms. The first kappa shape index (κ1) is 22.5. The number of ether oxygens (including phenoxy) is 1. The van der Waals surface area contributed by atoms with Crippen molar-refractivity contribution in [1.82, 2.24) is 20.9 Å². The van der Waals surface area contributed by atoms with Crippen LogP contribution in [0.1, 0.15) is 45.1 Å². The Morgan fingerprint density at radius 2 is 2.04 bits per heavy atom. The highest BCUT2D eigenvalue weighted by molar-refractivity contribution is 7.10. The van der Waals surface area contributed by atoms with E-state index in [2.05, 4.69) is 37.3 Å². The van der Waals surface area contributed by atoms with Crippen LogP contribution in [-0.4, -0.2) is 61.3 Å². The van der Waals surface area contributed by atoms with Crippen molar-refractivity contribution in [2.75, 3.05) is 33.2 Å². The summed E-state index contributed by atoms with van der Waals surface area (Å²) in [7, 11) is 1.75. The van der Waals surface area contributed by atoms with Crippen LogP contribution in [0.5, 0.6) is 0 Å². The molecule has 1 aromatic heterocycles. The number of alkyl carbamates (subject to hydrolysis) is 1. The number of fused-ring (bicyclic) bond motifs is 1. The molecule has 0 aromatic carbocycles. The molecule has 0 fully saturated rings. The van der Waals surface area contributed by atoms with Gasteiger partial charge in [-0.3, -0.25) is 9.89 Å². The van der Waals surface area contributed by atoms with E-state index < -0.39 is 17.2 Å². The summed E-state index contributed by atoms with van der Waals surface area (Å²) in [6.45, 7) is 13.9. The van der Waals surface area contributed by atoms with Gasteiger partial charge in [0.1, 0.15) is 5.60 Å². The average molecular weight is 410 g/mol. The van der Waals surface area contributed by atoms with Gasteiger partial charge in [-0.1, -0.05) is 0 Å². The number of amides is 1. The molecule has 0 unspecified atom stereocenters. The number of hydrogen-bond donors (Lipinski definition) is 3. The van der Waals surface area contributed by atoms with Crippen LogP contribution >= 0.6 is 11.3 Å². The maximum Gasteiger partial charge on any atom is 0.408 e. The van der Waals surface area contributed by atoms with Gasteiger partial charge in [0.2, 0.25) is 0 Å². The molecule has 0 saturated heterocycles.